The van der Waals surface area contributed by atoms with Crippen LogP contribution in [-0.2, 0) is 20.7 Å². The van der Waals surface area contributed by atoms with Gasteiger partial charge in [-0.15, -0.1) is 0 Å². The molecular formula is C37H53N3O5. The topological polar surface area (TPSA) is 111 Å². The van der Waals surface area contributed by atoms with Gasteiger partial charge in [0.1, 0.15) is 0 Å². The van der Waals surface area contributed by atoms with Crippen molar-refractivity contribution in [3.8, 4) is 11.1 Å². The second-order valence-electron chi connectivity index (χ2n) is 14.8. The fourth-order valence-electron chi connectivity index (χ4n) is 8.50. The highest BCUT2D eigenvalue weighted by atomic mass is 16.5. The Bertz CT molecular complexity index is 1330. The average molecular weight is 620 g/mol. The molecule has 8 heteroatoms. The molecule has 3 unspecified atom stereocenters. The predicted octanol–water partition coefficient (Wildman–Crippen LogP) is 4.74. The zero-order chi connectivity index (χ0) is 32.5. The van der Waals surface area contributed by atoms with E-state index in [0.29, 0.717) is 49.0 Å². The van der Waals surface area contributed by atoms with Crippen LogP contribution in [0.2, 0.25) is 0 Å². The number of carbonyl (C=O) groups excluding carboxylic acids is 2. The number of ether oxygens (including phenoxy) is 1. The maximum absolute atomic E-state index is 13.8. The minimum absolute atomic E-state index is 0.0112. The molecule has 6 rings (SSSR count). The van der Waals surface area contributed by atoms with Gasteiger partial charge in [-0.05, 0) is 105 Å². The molecule has 2 aromatic rings. The molecular weight excluding hydrogens is 566 g/mol. The lowest BCUT2D eigenvalue weighted by atomic mass is 9.44. The molecule has 0 spiro atoms. The highest BCUT2D eigenvalue weighted by molar-refractivity contribution is 5.92. The minimum atomic E-state index is -0.785. The maximum Gasteiger partial charge on any atom is 0.238 e. The number of aliphatic hydroxyl groups is 2. The average Bonchev–Trinajstić information content (AvgIpc) is 3.17. The SMILES string of the molecule is CC1[C@@H](NC(=O)[C@H]2CCC(Cc3cccc(-c4ccc(NC(=O)CN(C)C)cc4)c3)OC(CO)[C@H]2[C@H](C)O)C[C@@H]2C[C@H]1C2(C)C. The van der Waals surface area contributed by atoms with Gasteiger partial charge in [0.05, 0.1) is 31.5 Å². The molecule has 4 aliphatic rings. The van der Waals surface area contributed by atoms with Crippen molar-refractivity contribution in [2.75, 3.05) is 32.6 Å². The smallest absolute Gasteiger partial charge is 0.238 e. The summed E-state index contributed by atoms with van der Waals surface area (Å²) in [7, 11) is 3.72. The van der Waals surface area contributed by atoms with E-state index in [0.717, 1.165) is 28.8 Å². The van der Waals surface area contributed by atoms with Gasteiger partial charge in [-0.3, -0.25) is 9.59 Å². The summed E-state index contributed by atoms with van der Waals surface area (Å²) < 4.78 is 6.47. The lowest BCUT2D eigenvalue weighted by molar-refractivity contribution is -0.143. The van der Waals surface area contributed by atoms with E-state index in [1.54, 1.807) is 6.92 Å². The van der Waals surface area contributed by atoms with Crippen molar-refractivity contribution < 1.29 is 24.5 Å². The Morgan fingerprint density at radius 3 is 2.42 bits per heavy atom. The first-order valence-electron chi connectivity index (χ1n) is 16.8. The van der Waals surface area contributed by atoms with Gasteiger partial charge >= 0.3 is 0 Å². The molecule has 2 bridgehead atoms. The van der Waals surface area contributed by atoms with E-state index < -0.39 is 24.0 Å². The zero-order valence-corrected chi connectivity index (χ0v) is 27.8. The van der Waals surface area contributed by atoms with Gasteiger partial charge in [-0.25, -0.2) is 0 Å². The first-order valence-corrected chi connectivity index (χ1v) is 16.8. The summed E-state index contributed by atoms with van der Waals surface area (Å²) in [6.07, 6.45) is 2.58. The fraction of sp³-hybridized carbons (Fsp3) is 0.622. The van der Waals surface area contributed by atoms with E-state index in [9.17, 15) is 19.8 Å². The lowest BCUT2D eigenvalue weighted by Gasteiger charge is -2.62. The van der Waals surface area contributed by atoms with Crippen LogP contribution in [0.3, 0.4) is 0 Å². The number of amides is 2. The fourth-order valence-corrected chi connectivity index (χ4v) is 8.50. The van der Waals surface area contributed by atoms with Crippen LogP contribution >= 0.6 is 0 Å². The number of likely N-dealkylation sites (N-methyl/N-ethyl adjacent to an activating group) is 1. The number of hydrogen-bond donors (Lipinski definition) is 4. The van der Waals surface area contributed by atoms with Gasteiger partial charge in [-0.2, -0.15) is 0 Å². The van der Waals surface area contributed by atoms with Crippen LogP contribution in [0.5, 0.6) is 0 Å². The van der Waals surface area contributed by atoms with Crippen LogP contribution in [0.15, 0.2) is 48.5 Å². The Morgan fingerprint density at radius 1 is 1.07 bits per heavy atom. The highest BCUT2D eigenvalue weighted by Gasteiger charge is 2.56. The number of fused-ring (bicyclic) bond motifs is 2. The number of carbonyl (C=O) groups is 2. The molecule has 1 saturated heterocycles. The number of hydrogen-bond acceptors (Lipinski definition) is 6. The molecule has 45 heavy (non-hydrogen) atoms. The van der Waals surface area contributed by atoms with Gasteiger partial charge < -0.3 is 30.5 Å². The minimum Gasteiger partial charge on any atom is -0.394 e. The quantitative estimate of drug-likeness (QED) is 0.306. The lowest BCUT2D eigenvalue weighted by Crippen LogP contribution is -2.61. The molecule has 0 aromatic heterocycles. The summed E-state index contributed by atoms with van der Waals surface area (Å²) in [5, 5.41) is 27.6. The highest BCUT2D eigenvalue weighted by Crippen LogP contribution is 2.61. The Balaban J connectivity index is 1.25. The van der Waals surface area contributed by atoms with E-state index in [4.69, 9.17) is 4.74 Å². The molecule has 3 saturated carbocycles. The van der Waals surface area contributed by atoms with Gasteiger partial charge in [0, 0.05) is 23.6 Å². The second kappa shape index (κ2) is 13.9. The van der Waals surface area contributed by atoms with E-state index in [2.05, 4.69) is 49.6 Å². The third-order valence-corrected chi connectivity index (χ3v) is 11.2. The summed E-state index contributed by atoms with van der Waals surface area (Å²) >= 11 is 0. The predicted molar refractivity (Wildman–Crippen MR) is 177 cm³/mol. The standard InChI is InChI=1S/C37H53N3O5/c1-22-31-18-27(37(31,3)4)19-32(22)39-36(44)30-15-14-29(45-33(21-41)35(30)23(2)42)17-24-8-7-9-26(16-24)25-10-12-28(13-11-25)38-34(43)20-40(5)6/h7-13,16,22-23,27,29-33,35,41-42H,14-15,17-21H2,1-6H3,(H,38,43)(H,39,44)/t22?,23-,27-,29?,30-,31+,32-,33?,35-/m0/s1. The third kappa shape index (κ3) is 7.46. The number of aliphatic hydroxyl groups excluding tert-OH is 2. The molecule has 246 valence electrons. The summed E-state index contributed by atoms with van der Waals surface area (Å²) in [6, 6.07) is 16.3. The van der Waals surface area contributed by atoms with E-state index in [1.807, 2.05) is 49.3 Å². The number of nitrogens with one attached hydrogen (secondary N) is 2. The number of anilines is 1. The molecule has 2 amide bonds. The number of rotatable bonds is 10. The number of nitrogens with zero attached hydrogens (tertiary/aromatic N) is 1. The molecule has 3 aliphatic carbocycles. The summed E-state index contributed by atoms with van der Waals surface area (Å²) in [5.41, 5.74) is 4.31. The largest absolute Gasteiger partial charge is 0.394 e. The number of benzene rings is 2. The van der Waals surface area contributed by atoms with Crippen LogP contribution < -0.4 is 10.6 Å². The van der Waals surface area contributed by atoms with Crippen LogP contribution in [0.1, 0.15) is 58.9 Å². The van der Waals surface area contributed by atoms with Crippen molar-refractivity contribution in [1.82, 2.24) is 10.2 Å². The molecule has 8 nitrogen and oxygen atoms in total. The van der Waals surface area contributed by atoms with E-state index >= 15 is 0 Å². The molecule has 4 fully saturated rings. The third-order valence-electron chi connectivity index (χ3n) is 11.2. The Hall–Kier alpha value is -2.78. The molecule has 4 N–H and O–H groups in total. The summed E-state index contributed by atoms with van der Waals surface area (Å²) in [5.74, 6) is 0.730. The normalized spacial score (nSPS) is 31.4. The second-order valence-corrected chi connectivity index (χ2v) is 14.8. The van der Waals surface area contributed by atoms with Crippen molar-refractivity contribution in [1.29, 1.82) is 0 Å². The van der Waals surface area contributed by atoms with Crippen molar-refractivity contribution in [2.45, 2.75) is 84.2 Å². The first kappa shape index (κ1) is 33.6. The van der Waals surface area contributed by atoms with Crippen molar-refractivity contribution in [3.05, 3.63) is 54.1 Å². The Morgan fingerprint density at radius 2 is 1.80 bits per heavy atom. The van der Waals surface area contributed by atoms with Crippen LogP contribution in [0.4, 0.5) is 5.69 Å². The Labute approximate surface area is 268 Å². The summed E-state index contributed by atoms with van der Waals surface area (Å²) in [4.78, 5) is 27.8. The monoisotopic (exact) mass is 619 g/mol. The maximum atomic E-state index is 13.8. The van der Waals surface area contributed by atoms with Gasteiger partial charge in [0.25, 0.3) is 0 Å². The van der Waals surface area contributed by atoms with Crippen molar-refractivity contribution in [2.24, 2.45) is 35.0 Å². The van der Waals surface area contributed by atoms with Gasteiger partial charge in [-0.1, -0.05) is 57.2 Å². The van der Waals surface area contributed by atoms with Gasteiger partial charge in [0.2, 0.25) is 11.8 Å². The molecule has 1 aliphatic heterocycles. The van der Waals surface area contributed by atoms with Crippen molar-refractivity contribution >= 4 is 17.5 Å². The summed E-state index contributed by atoms with van der Waals surface area (Å²) in [6.45, 7) is 8.78. The molecule has 1 heterocycles. The van der Waals surface area contributed by atoms with E-state index in [-0.39, 0.29) is 30.6 Å². The molecule has 0 radical (unpaired) electrons. The van der Waals surface area contributed by atoms with Crippen LogP contribution in [0.25, 0.3) is 11.1 Å². The molecule has 2 aromatic carbocycles. The van der Waals surface area contributed by atoms with Crippen LogP contribution in [0, 0.1) is 35.0 Å². The van der Waals surface area contributed by atoms with E-state index in [1.165, 1.54) is 6.42 Å². The van der Waals surface area contributed by atoms with Crippen LogP contribution in [-0.4, -0.2) is 78.5 Å². The van der Waals surface area contributed by atoms with Crippen molar-refractivity contribution in [3.63, 3.8) is 0 Å². The first-order chi connectivity index (χ1) is 21.4. The van der Waals surface area contributed by atoms with Gasteiger partial charge in [0.15, 0.2) is 0 Å². The molecule has 9 atom stereocenters. The Kier molecular flexibility index (Phi) is 10.4. The zero-order valence-electron chi connectivity index (χ0n) is 27.8.